The molecule has 0 N–H and O–H groups in total. The first-order valence-corrected chi connectivity index (χ1v) is 12.4. The van der Waals surface area contributed by atoms with Crippen LogP contribution in [0.25, 0.3) is 22.1 Å². The van der Waals surface area contributed by atoms with Gasteiger partial charge in [-0.25, -0.2) is 9.37 Å². The van der Waals surface area contributed by atoms with Gasteiger partial charge in [-0.1, -0.05) is 42.1 Å². The van der Waals surface area contributed by atoms with Crippen molar-refractivity contribution in [1.82, 2.24) is 24.6 Å². The topological polar surface area (TPSA) is 63.9 Å². The van der Waals surface area contributed by atoms with Crippen LogP contribution in [0, 0.1) is 5.82 Å². The number of para-hydroxylation sites is 1. The van der Waals surface area contributed by atoms with Gasteiger partial charge >= 0.3 is 0 Å². The maximum absolute atomic E-state index is 13.4. The molecule has 2 aromatic heterocycles. The van der Waals surface area contributed by atoms with Crippen LogP contribution in [-0.2, 0) is 11.3 Å². The second-order valence-electron chi connectivity index (χ2n) is 8.39. The molecule has 0 atom stereocenters. The summed E-state index contributed by atoms with van der Waals surface area (Å²) in [5, 5.41) is 10.4. The molecular weight excluding hydrogens is 437 g/mol. The Morgan fingerprint density at radius 3 is 2.61 bits per heavy atom. The molecule has 0 aliphatic carbocycles. The van der Waals surface area contributed by atoms with Gasteiger partial charge in [0.05, 0.1) is 5.52 Å². The lowest BCUT2D eigenvalue weighted by atomic mass is 10.1. The Bertz CT molecular complexity index is 1270. The van der Waals surface area contributed by atoms with Gasteiger partial charge in [-0.05, 0) is 49.4 Å². The van der Waals surface area contributed by atoms with Crippen LogP contribution >= 0.6 is 11.8 Å². The lowest BCUT2D eigenvalue weighted by molar-refractivity contribution is -0.132. The van der Waals surface area contributed by atoms with Crippen molar-refractivity contribution in [3.8, 4) is 0 Å². The van der Waals surface area contributed by atoms with E-state index in [0.717, 1.165) is 65.7 Å². The van der Waals surface area contributed by atoms with Gasteiger partial charge in [-0.3, -0.25) is 4.79 Å². The quantitative estimate of drug-likeness (QED) is 0.283. The van der Waals surface area contributed by atoms with Crippen LogP contribution in [0.5, 0.6) is 0 Å². The molecule has 1 aliphatic rings. The predicted molar refractivity (Wildman–Crippen MR) is 129 cm³/mol. The second-order valence-corrected chi connectivity index (χ2v) is 9.45. The summed E-state index contributed by atoms with van der Waals surface area (Å²) in [6, 6.07) is 14.6. The van der Waals surface area contributed by atoms with Gasteiger partial charge in [0.15, 0.2) is 5.65 Å². The molecule has 0 saturated carbocycles. The molecule has 1 aliphatic heterocycles. The highest BCUT2D eigenvalue weighted by Crippen LogP contribution is 2.28. The number of aromatic nitrogens is 4. The standard InChI is InChI=1S/C25H26FN5OS/c26-19-12-10-18(11-13-19)17-31-21-8-3-2-7-20(21)23-24(31)27-25(29-28-23)33-16-6-9-22(32)30-14-4-1-5-15-30/h2-3,7-8,10-13H,1,4-6,9,14-17H2. The van der Waals surface area contributed by atoms with Crippen LogP contribution in [0.1, 0.15) is 37.7 Å². The molecule has 8 heteroatoms. The van der Waals surface area contributed by atoms with E-state index in [2.05, 4.69) is 14.8 Å². The van der Waals surface area contributed by atoms with Crippen LogP contribution in [0.2, 0.25) is 0 Å². The Labute approximate surface area is 196 Å². The van der Waals surface area contributed by atoms with Crippen LogP contribution in [0.3, 0.4) is 0 Å². The molecule has 0 spiro atoms. The van der Waals surface area contributed by atoms with Crippen molar-refractivity contribution < 1.29 is 9.18 Å². The number of fused-ring (bicyclic) bond motifs is 3. The van der Waals surface area contributed by atoms with Gasteiger partial charge in [0.1, 0.15) is 11.3 Å². The Morgan fingerprint density at radius 1 is 1.00 bits per heavy atom. The molecule has 1 amide bonds. The maximum atomic E-state index is 13.4. The van der Waals surface area contributed by atoms with Crippen molar-refractivity contribution >= 4 is 39.7 Å². The lowest BCUT2D eigenvalue weighted by Gasteiger charge is -2.26. The number of hydrogen-bond acceptors (Lipinski definition) is 5. The largest absolute Gasteiger partial charge is 0.343 e. The van der Waals surface area contributed by atoms with E-state index < -0.39 is 0 Å². The van der Waals surface area contributed by atoms with Gasteiger partial charge in [-0.15, -0.1) is 10.2 Å². The Morgan fingerprint density at radius 2 is 1.79 bits per heavy atom. The maximum Gasteiger partial charge on any atom is 0.222 e. The minimum atomic E-state index is -0.248. The normalized spacial score (nSPS) is 14.3. The summed E-state index contributed by atoms with van der Waals surface area (Å²) in [4.78, 5) is 19.2. The number of piperidine rings is 1. The summed E-state index contributed by atoms with van der Waals surface area (Å²) in [5.41, 5.74) is 3.54. The van der Waals surface area contributed by atoms with Gasteiger partial charge in [0.25, 0.3) is 0 Å². The first-order valence-electron chi connectivity index (χ1n) is 11.5. The minimum absolute atomic E-state index is 0.248. The van der Waals surface area contributed by atoms with Gasteiger partial charge < -0.3 is 9.47 Å². The molecule has 1 saturated heterocycles. The van der Waals surface area contributed by atoms with Crippen molar-refractivity contribution in [1.29, 1.82) is 0 Å². The van der Waals surface area contributed by atoms with E-state index in [4.69, 9.17) is 4.98 Å². The molecule has 0 radical (unpaired) electrons. The van der Waals surface area contributed by atoms with Crippen molar-refractivity contribution in [2.75, 3.05) is 18.8 Å². The van der Waals surface area contributed by atoms with Crippen molar-refractivity contribution in [2.24, 2.45) is 0 Å². The summed E-state index contributed by atoms with van der Waals surface area (Å²) < 4.78 is 15.5. The number of thioether (sulfide) groups is 1. The van der Waals surface area contributed by atoms with Crippen molar-refractivity contribution in [2.45, 2.75) is 43.8 Å². The Balaban J connectivity index is 1.32. The van der Waals surface area contributed by atoms with Crippen LogP contribution in [0.4, 0.5) is 4.39 Å². The number of amides is 1. The average Bonchev–Trinajstić information content (AvgIpc) is 3.16. The van der Waals surface area contributed by atoms with E-state index in [0.29, 0.717) is 18.1 Å². The first-order chi connectivity index (χ1) is 16.2. The predicted octanol–water partition coefficient (Wildman–Crippen LogP) is 5.05. The van der Waals surface area contributed by atoms with Crippen LogP contribution in [0.15, 0.2) is 53.7 Å². The first kappa shape index (κ1) is 21.8. The summed E-state index contributed by atoms with van der Waals surface area (Å²) in [5.74, 6) is 0.775. The molecule has 4 aromatic rings. The highest BCUT2D eigenvalue weighted by atomic mass is 32.2. The van der Waals surface area contributed by atoms with E-state index in [1.54, 1.807) is 12.1 Å². The van der Waals surface area contributed by atoms with Crippen LogP contribution < -0.4 is 0 Å². The molecule has 3 heterocycles. The van der Waals surface area contributed by atoms with E-state index in [9.17, 15) is 9.18 Å². The third kappa shape index (κ3) is 4.85. The molecule has 0 unspecified atom stereocenters. The second kappa shape index (κ2) is 9.87. The number of carbonyl (C=O) groups is 1. The molecule has 1 fully saturated rings. The molecular formula is C25H26FN5OS. The molecule has 6 nitrogen and oxygen atoms in total. The number of carbonyl (C=O) groups excluding carboxylic acids is 1. The smallest absolute Gasteiger partial charge is 0.222 e. The minimum Gasteiger partial charge on any atom is -0.343 e. The number of nitrogens with zero attached hydrogens (tertiary/aromatic N) is 5. The summed E-state index contributed by atoms with van der Waals surface area (Å²) in [7, 11) is 0. The third-order valence-corrected chi connectivity index (χ3v) is 7.01. The molecule has 2 aromatic carbocycles. The molecule has 0 bridgehead atoms. The number of benzene rings is 2. The van der Waals surface area contributed by atoms with E-state index >= 15 is 0 Å². The summed E-state index contributed by atoms with van der Waals surface area (Å²) in [6.45, 7) is 2.36. The number of halogens is 1. The zero-order valence-corrected chi connectivity index (χ0v) is 19.2. The summed E-state index contributed by atoms with van der Waals surface area (Å²) in [6.07, 6.45) is 4.82. The Hall–Kier alpha value is -3.00. The number of hydrogen-bond donors (Lipinski definition) is 0. The number of likely N-dealkylation sites (tertiary alicyclic amines) is 1. The molecule has 170 valence electrons. The highest BCUT2D eigenvalue weighted by molar-refractivity contribution is 7.99. The van der Waals surface area contributed by atoms with Gasteiger partial charge in [0.2, 0.25) is 11.1 Å². The molecule has 5 rings (SSSR count). The average molecular weight is 464 g/mol. The van der Waals surface area contributed by atoms with Crippen molar-refractivity contribution in [3.63, 3.8) is 0 Å². The van der Waals surface area contributed by atoms with Gasteiger partial charge in [-0.2, -0.15) is 0 Å². The highest BCUT2D eigenvalue weighted by Gasteiger charge is 2.17. The van der Waals surface area contributed by atoms with E-state index in [1.807, 2.05) is 29.2 Å². The molecule has 33 heavy (non-hydrogen) atoms. The van der Waals surface area contributed by atoms with Gasteiger partial charge in [0, 0.05) is 37.2 Å². The fourth-order valence-electron chi connectivity index (χ4n) is 4.37. The summed E-state index contributed by atoms with van der Waals surface area (Å²) >= 11 is 1.53. The fourth-order valence-corrected chi connectivity index (χ4v) is 5.09. The van der Waals surface area contributed by atoms with E-state index in [1.165, 1.54) is 30.3 Å². The monoisotopic (exact) mass is 463 g/mol. The fraction of sp³-hybridized carbons (Fsp3) is 0.360. The SMILES string of the molecule is O=C(CCCSc1nnc2c3ccccc3n(Cc3ccc(F)cc3)c2n1)N1CCCCC1. The number of rotatable bonds is 7. The zero-order valence-electron chi connectivity index (χ0n) is 18.4. The Kier molecular flexibility index (Phi) is 6.53. The van der Waals surface area contributed by atoms with E-state index in [-0.39, 0.29) is 11.7 Å². The lowest BCUT2D eigenvalue weighted by Crippen LogP contribution is -2.35. The van der Waals surface area contributed by atoms with Crippen LogP contribution in [-0.4, -0.2) is 49.4 Å². The zero-order chi connectivity index (χ0) is 22.6. The van der Waals surface area contributed by atoms with Crippen molar-refractivity contribution in [3.05, 3.63) is 59.9 Å². The third-order valence-electron chi connectivity index (χ3n) is 6.08.